The molecule has 1 fully saturated rings. The largest absolute Gasteiger partial charge is 0.457 e. The van der Waals surface area contributed by atoms with Crippen LogP contribution in [0.15, 0.2) is 16.5 Å². The lowest BCUT2D eigenvalue weighted by Gasteiger charge is -2.34. The standard InChI is InChI=1S/C13H19NO2/c1-10-5-11(2)7-14(6-10)8-12-3-4-13(9-15)16-12/h3-4,9-11H,5-8H2,1-2H3. The van der Waals surface area contributed by atoms with Crippen LogP contribution in [0.25, 0.3) is 0 Å². The number of furan rings is 1. The van der Waals surface area contributed by atoms with Crippen LogP contribution in [0.4, 0.5) is 0 Å². The van der Waals surface area contributed by atoms with Crippen molar-refractivity contribution >= 4 is 6.29 Å². The van der Waals surface area contributed by atoms with Gasteiger partial charge in [-0.3, -0.25) is 9.69 Å². The van der Waals surface area contributed by atoms with Gasteiger partial charge in [-0.05, 0) is 30.4 Å². The Morgan fingerprint density at radius 3 is 2.62 bits per heavy atom. The third-order valence-electron chi connectivity index (χ3n) is 3.12. The van der Waals surface area contributed by atoms with Gasteiger partial charge in [0.2, 0.25) is 0 Å². The highest BCUT2D eigenvalue weighted by atomic mass is 16.3. The molecule has 0 bridgehead atoms. The smallest absolute Gasteiger partial charge is 0.185 e. The summed E-state index contributed by atoms with van der Waals surface area (Å²) < 4.78 is 5.40. The van der Waals surface area contributed by atoms with Crippen LogP contribution in [0.2, 0.25) is 0 Å². The molecule has 0 radical (unpaired) electrons. The van der Waals surface area contributed by atoms with Crippen LogP contribution >= 0.6 is 0 Å². The zero-order chi connectivity index (χ0) is 11.5. The first-order chi connectivity index (χ1) is 7.67. The lowest BCUT2D eigenvalue weighted by Crippen LogP contribution is -2.37. The van der Waals surface area contributed by atoms with E-state index in [2.05, 4.69) is 18.7 Å². The molecule has 1 saturated heterocycles. The number of rotatable bonds is 3. The van der Waals surface area contributed by atoms with Gasteiger partial charge in [-0.15, -0.1) is 0 Å². The van der Waals surface area contributed by atoms with E-state index in [1.165, 1.54) is 6.42 Å². The molecular formula is C13H19NO2. The Labute approximate surface area is 96.4 Å². The van der Waals surface area contributed by atoms with Crippen LogP contribution in [-0.2, 0) is 6.54 Å². The molecule has 1 aromatic heterocycles. The van der Waals surface area contributed by atoms with E-state index in [4.69, 9.17) is 4.42 Å². The highest BCUT2D eigenvalue weighted by Gasteiger charge is 2.22. The second-order valence-corrected chi connectivity index (χ2v) is 5.06. The SMILES string of the molecule is CC1CC(C)CN(Cc2ccc(C=O)o2)C1. The van der Waals surface area contributed by atoms with Crippen LogP contribution in [0.3, 0.4) is 0 Å². The van der Waals surface area contributed by atoms with E-state index in [1.807, 2.05) is 6.07 Å². The molecule has 3 nitrogen and oxygen atoms in total. The van der Waals surface area contributed by atoms with Gasteiger partial charge in [0, 0.05) is 13.1 Å². The van der Waals surface area contributed by atoms with Crippen LogP contribution in [-0.4, -0.2) is 24.3 Å². The molecule has 0 aliphatic carbocycles. The maximum absolute atomic E-state index is 10.5. The highest BCUT2D eigenvalue weighted by Crippen LogP contribution is 2.22. The van der Waals surface area contributed by atoms with E-state index in [9.17, 15) is 4.79 Å². The van der Waals surface area contributed by atoms with Crippen molar-refractivity contribution in [1.29, 1.82) is 0 Å². The second-order valence-electron chi connectivity index (χ2n) is 5.06. The molecule has 1 aliphatic rings. The van der Waals surface area contributed by atoms with Crippen LogP contribution in [0.1, 0.15) is 36.6 Å². The molecule has 2 heterocycles. The van der Waals surface area contributed by atoms with Crippen molar-refractivity contribution in [3.05, 3.63) is 23.7 Å². The Bertz CT molecular complexity index is 349. The molecule has 2 atom stereocenters. The van der Waals surface area contributed by atoms with Gasteiger partial charge in [0.05, 0.1) is 6.54 Å². The molecule has 0 amide bonds. The molecule has 0 saturated carbocycles. The maximum atomic E-state index is 10.5. The molecule has 2 rings (SSSR count). The number of hydrogen-bond donors (Lipinski definition) is 0. The fourth-order valence-electron chi connectivity index (χ4n) is 2.68. The summed E-state index contributed by atoms with van der Waals surface area (Å²) >= 11 is 0. The number of likely N-dealkylation sites (tertiary alicyclic amines) is 1. The van der Waals surface area contributed by atoms with E-state index >= 15 is 0 Å². The van der Waals surface area contributed by atoms with Gasteiger partial charge in [-0.25, -0.2) is 0 Å². The first-order valence-electron chi connectivity index (χ1n) is 5.93. The van der Waals surface area contributed by atoms with Crippen molar-refractivity contribution in [3.8, 4) is 0 Å². The number of aldehydes is 1. The van der Waals surface area contributed by atoms with E-state index < -0.39 is 0 Å². The van der Waals surface area contributed by atoms with Crippen LogP contribution in [0, 0.1) is 11.8 Å². The van der Waals surface area contributed by atoms with Gasteiger partial charge in [0.25, 0.3) is 0 Å². The van der Waals surface area contributed by atoms with E-state index in [0.717, 1.165) is 43.5 Å². The summed E-state index contributed by atoms with van der Waals surface area (Å²) in [6.07, 6.45) is 2.07. The van der Waals surface area contributed by atoms with Crippen LogP contribution in [0.5, 0.6) is 0 Å². The lowest BCUT2D eigenvalue weighted by molar-refractivity contribution is 0.108. The van der Waals surface area contributed by atoms with Gasteiger partial charge in [0.15, 0.2) is 12.0 Å². The molecule has 1 aliphatic heterocycles. The zero-order valence-corrected chi connectivity index (χ0v) is 9.98. The van der Waals surface area contributed by atoms with Crippen LogP contribution < -0.4 is 0 Å². The number of hydrogen-bond acceptors (Lipinski definition) is 3. The monoisotopic (exact) mass is 221 g/mol. The number of piperidine rings is 1. The average Bonchev–Trinajstić information content (AvgIpc) is 2.64. The summed E-state index contributed by atoms with van der Waals surface area (Å²) in [6.45, 7) is 7.66. The summed E-state index contributed by atoms with van der Waals surface area (Å²) in [5.74, 6) is 2.82. The fraction of sp³-hybridized carbons (Fsp3) is 0.615. The number of carbonyl (C=O) groups is 1. The summed E-state index contributed by atoms with van der Waals surface area (Å²) in [5.41, 5.74) is 0. The minimum absolute atomic E-state index is 0.424. The topological polar surface area (TPSA) is 33.5 Å². The minimum atomic E-state index is 0.424. The van der Waals surface area contributed by atoms with Gasteiger partial charge < -0.3 is 4.42 Å². The molecule has 0 aromatic carbocycles. The molecule has 88 valence electrons. The molecule has 1 aromatic rings. The Hall–Kier alpha value is -1.09. The first-order valence-corrected chi connectivity index (χ1v) is 5.93. The molecule has 3 heteroatoms. The van der Waals surface area contributed by atoms with Gasteiger partial charge in [-0.1, -0.05) is 13.8 Å². The first kappa shape index (κ1) is 11.4. The molecular weight excluding hydrogens is 202 g/mol. The van der Waals surface area contributed by atoms with Crippen molar-refractivity contribution in [1.82, 2.24) is 4.90 Å². The second kappa shape index (κ2) is 4.83. The van der Waals surface area contributed by atoms with E-state index in [0.29, 0.717) is 5.76 Å². The number of nitrogens with zero attached hydrogens (tertiary/aromatic N) is 1. The lowest BCUT2D eigenvalue weighted by atomic mass is 9.92. The summed E-state index contributed by atoms with van der Waals surface area (Å²) in [5, 5.41) is 0. The summed E-state index contributed by atoms with van der Waals surface area (Å²) in [7, 11) is 0. The average molecular weight is 221 g/mol. The Morgan fingerprint density at radius 1 is 1.38 bits per heavy atom. The summed E-state index contributed by atoms with van der Waals surface area (Å²) in [6, 6.07) is 3.63. The van der Waals surface area contributed by atoms with Gasteiger partial charge in [-0.2, -0.15) is 0 Å². The van der Waals surface area contributed by atoms with Crippen molar-refractivity contribution in [2.45, 2.75) is 26.8 Å². The predicted molar refractivity (Wildman–Crippen MR) is 62.3 cm³/mol. The van der Waals surface area contributed by atoms with Crippen molar-refractivity contribution < 1.29 is 9.21 Å². The highest BCUT2D eigenvalue weighted by molar-refractivity contribution is 5.70. The Balaban J connectivity index is 1.95. The zero-order valence-electron chi connectivity index (χ0n) is 9.98. The summed E-state index contributed by atoms with van der Waals surface area (Å²) in [4.78, 5) is 12.9. The molecule has 0 spiro atoms. The van der Waals surface area contributed by atoms with Gasteiger partial charge >= 0.3 is 0 Å². The fourth-order valence-corrected chi connectivity index (χ4v) is 2.68. The van der Waals surface area contributed by atoms with E-state index in [-0.39, 0.29) is 0 Å². The molecule has 16 heavy (non-hydrogen) atoms. The number of carbonyl (C=O) groups excluding carboxylic acids is 1. The van der Waals surface area contributed by atoms with Crippen molar-refractivity contribution in [2.24, 2.45) is 11.8 Å². The Morgan fingerprint density at radius 2 is 2.06 bits per heavy atom. The normalized spacial score (nSPS) is 26.9. The third kappa shape index (κ3) is 2.73. The molecule has 2 unspecified atom stereocenters. The minimum Gasteiger partial charge on any atom is -0.457 e. The van der Waals surface area contributed by atoms with Gasteiger partial charge in [0.1, 0.15) is 5.76 Å². The maximum Gasteiger partial charge on any atom is 0.185 e. The van der Waals surface area contributed by atoms with Crippen molar-refractivity contribution in [3.63, 3.8) is 0 Å². The molecule has 0 N–H and O–H groups in total. The third-order valence-corrected chi connectivity index (χ3v) is 3.12. The predicted octanol–water partition coefficient (Wildman–Crippen LogP) is 2.57. The van der Waals surface area contributed by atoms with E-state index in [1.54, 1.807) is 6.07 Å². The van der Waals surface area contributed by atoms with Crippen molar-refractivity contribution in [2.75, 3.05) is 13.1 Å². The quantitative estimate of drug-likeness (QED) is 0.735. The Kier molecular flexibility index (Phi) is 3.44.